The fourth-order valence-electron chi connectivity index (χ4n) is 2.61. The molecule has 3 rings (SSSR count). The zero-order valence-electron chi connectivity index (χ0n) is 12.8. The van der Waals surface area contributed by atoms with Gasteiger partial charge in [-0.25, -0.2) is 0 Å². The molecule has 0 saturated heterocycles. The van der Waals surface area contributed by atoms with Gasteiger partial charge in [-0.3, -0.25) is 10.1 Å². The Bertz CT molecular complexity index is 965. The van der Waals surface area contributed by atoms with Gasteiger partial charge in [-0.2, -0.15) is 13.2 Å². The molecule has 0 amide bonds. The minimum Gasteiger partial charge on any atom is -0.345 e. The van der Waals surface area contributed by atoms with Crippen molar-refractivity contribution in [1.29, 1.82) is 0 Å². The number of hydrogen-bond acceptors (Lipinski definition) is 2. The van der Waals surface area contributed by atoms with Gasteiger partial charge in [0.1, 0.15) is 11.4 Å². The molecule has 1 aromatic heterocycles. The summed E-state index contributed by atoms with van der Waals surface area (Å²) in [6.45, 7) is 0. The summed E-state index contributed by atoms with van der Waals surface area (Å²) in [5.41, 5.74) is -2.40. The molecule has 2 aromatic carbocycles. The van der Waals surface area contributed by atoms with E-state index in [1.54, 1.807) is 0 Å². The maximum Gasteiger partial charge on any atom is 0.432 e. The van der Waals surface area contributed by atoms with Gasteiger partial charge in [-0.15, -0.1) is 0 Å². The zero-order valence-corrected chi connectivity index (χ0v) is 14.3. The molecule has 0 aliphatic rings. The van der Waals surface area contributed by atoms with E-state index in [4.69, 9.17) is 23.2 Å². The summed E-state index contributed by atoms with van der Waals surface area (Å²) < 4.78 is 40.6. The van der Waals surface area contributed by atoms with Crippen LogP contribution in [0.15, 0.2) is 48.5 Å². The van der Waals surface area contributed by atoms with E-state index in [0.29, 0.717) is 10.0 Å². The summed E-state index contributed by atoms with van der Waals surface area (Å²) in [7, 11) is 0. The van der Waals surface area contributed by atoms with Gasteiger partial charge in [0.05, 0.1) is 10.5 Å². The van der Waals surface area contributed by atoms with E-state index < -0.39 is 28.0 Å². The Labute approximate surface area is 155 Å². The molecule has 0 radical (unpaired) electrons. The highest BCUT2D eigenvalue weighted by Crippen LogP contribution is 2.47. The Balaban J connectivity index is 2.35. The lowest BCUT2D eigenvalue weighted by Gasteiger charge is -2.07. The van der Waals surface area contributed by atoms with E-state index in [1.807, 2.05) is 0 Å². The smallest absolute Gasteiger partial charge is 0.345 e. The van der Waals surface area contributed by atoms with Crippen LogP contribution < -0.4 is 0 Å². The molecule has 1 N–H and O–H groups in total. The summed E-state index contributed by atoms with van der Waals surface area (Å²) in [5, 5.41) is 12.3. The number of benzene rings is 2. The molecule has 0 atom stereocenters. The molecule has 0 aliphatic carbocycles. The molecular weight excluding hydrogens is 392 g/mol. The Kier molecular flexibility index (Phi) is 4.68. The Morgan fingerprint density at radius 1 is 0.885 bits per heavy atom. The summed E-state index contributed by atoms with van der Waals surface area (Å²) in [4.78, 5) is 13.0. The first-order valence-electron chi connectivity index (χ1n) is 7.18. The first-order chi connectivity index (χ1) is 12.2. The van der Waals surface area contributed by atoms with Crippen molar-refractivity contribution in [2.75, 3.05) is 0 Å². The molecule has 4 nitrogen and oxygen atoms in total. The summed E-state index contributed by atoms with van der Waals surface area (Å²) >= 11 is 11.6. The highest BCUT2D eigenvalue weighted by atomic mass is 35.5. The highest BCUT2D eigenvalue weighted by Gasteiger charge is 2.42. The molecule has 0 spiro atoms. The first kappa shape index (κ1) is 18.3. The second-order valence-corrected chi connectivity index (χ2v) is 6.24. The van der Waals surface area contributed by atoms with Crippen LogP contribution in [0.3, 0.4) is 0 Å². The van der Waals surface area contributed by atoms with Gasteiger partial charge in [0.2, 0.25) is 0 Å². The minimum atomic E-state index is -4.82. The molecule has 0 aliphatic heterocycles. The SMILES string of the molecule is O=[N+]([O-])c1c(-c2ccc(Cl)cc2)[nH]c(C(F)(F)F)c1-c1ccc(Cl)cc1. The fraction of sp³-hybridized carbons (Fsp3) is 0.0588. The predicted molar refractivity (Wildman–Crippen MR) is 93.3 cm³/mol. The van der Waals surface area contributed by atoms with Crippen LogP contribution in [-0.4, -0.2) is 9.91 Å². The second kappa shape index (κ2) is 6.66. The molecule has 26 heavy (non-hydrogen) atoms. The number of halogens is 5. The van der Waals surface area contributed by atoms with Gasteiger partial charge in [-0.1, -0.05) is 47.5 Å². The number of H-pyrrole nitrogens is 1. The second-order valence-electron chi connectivity index (χ2n) is 5.37. The summed E-state index contributed by atoms with van der Waals surface area (Å²) in [5.74, 6) is 0. The number of aromatic amines is 1. The third-order valence-electron chi connectivity index (χ3n) is 3.71. The lowest BCUT2D eigenvalue weighted by molar-refractivity contribution is -0.383. The van der Waals surface area contributed by atoms with Crippen molar-refractivity contribution in [3.63, 3.8) is 0 Å². The lowest BCUT2D eigenvalue weighted by atomic mass is 10.0. The lowest BCUT2D eigenvalue weighted by Crippen LogP contribution is -2.07. The normalized spacial score (nSPS) is 11.6. The van der Waals surface area contributed by atoms with Crippen LogP contribution >= 0.6 is 23.2 Å². The van der Waals surface area contributed by atoms with E-state index in [1.165, 1.54) is 48.5 Å². The predicted octanol–water partition coefficient (Wildman–Crippen LogP) is 6.58. The van der Waals surface area contributed by atoms with E-state index >= 15 is 0 Å². The molecule has 9 heteroatoms. The van der Waals surface area contributed by atoms with E-state index in [-0.39, 0.29) is 16.8 Å². The average Bonchev–Trinajstić information content (AvgIpc) is 2.97. The number of hydrogen-bond donors (Lipinski definition) is 1. The largest absolute Gasteiger partial charge is 0.432 e. The number of alkyl halides is 3. The monoisotopic (exact) mass is 400 g/mol. The van der Waals surface area contributed by atoms with Gasteiger partial charge < -0.3 is 4.98 Å². The van der Waals surface area contributed by atoms with Gasteiger partial charge >= 0.3 is 11.9 Å². The van der Waals surface area contributed by atoms with Crippen molar-refractivity contribution in [1.82, 2.24) is 4.98 Å². The van der Waals surface area contributed by atoms with E-state index in [0.717, 1.165) is 0 Å². The number of nitro groups is 1. The van der Waals surface area contributed by atoms with Crippen LogP contribution in [0.25, 0.3) is 22.4 Å². The van der Waals surface area contributed by atoms with Gasteiger partial charge in [0.15, 0.2) is 0 Å². The molecule has 0 fully saturated rings. The topological polar surface area (TPSA) is 58.9 Å². The summed E-state index contributed by atoms with van der Waals surface area (Å²) in [6, 6.07) is 11.1. The van der Waals surface area contributed by atoms with Crippen LogP contribution in [0, 0.1) is 10.1 Å². The third kappa shape index (κ3) is 3.40. The van der Waals surface area contributed by atoms with Crippen molar-refractivity contribution in [2.45, 2.75) is 6.18 Å². The van der Waals surface area contributed by atoms with E-state index in [2.05, 4.69) is 4.98 Å². The van der Waals surface area contributed by atoms with Crippen LogP contribution in [0.2, 0.25) is 10.0 Å². The fourth-order valence-corrected chi connectivity index (χ4v) is 2.86. The van der Waals surface area contributed by atoms with Crippen molar-refractivity contribution < 1.29 is 18.1 Å². The van der Waals surface area contributed by atoms with Crippen molar-refractivity contribution >= 4 is 28.9 Å². The molecular formula is C17H9Cl2F3N2O2. The molecule has 1 heterocycles. The first-order valence-corrected chi connectivity index (χ1v) is 7.93. The zero-order chi connectivity index (χ0) is 19.1. The molecule has 0 saturated carbocycles. The molecule has 0 unspecified atom stereocenters. The Morgan fingerprint density at radius 3 is 1.77 bits per heavy atom. The third-order valence-corrected chi connectivity index (χ3v) is 4.21. The van der Waals surface area contributed by atoms with Crippen LogP contribution in [0.4, 0.5) is 18.9 Å². The average molecular weight is 401 g/mol. The van der Waals surface area contributed by atoms with Crippen LogP contribution in [-0.2, 0) is 6.18 Å². The summed E-state index contributed by atoms with van der Waals surface area (Å²) in [6.07, 6.45) is -4.82. The Hall–Kier alpha value is -2.51. The Morgan fingerprint density at radius 2 is 1.35 bits per heavy atom. The van der Waals surface area contributed by atoms with Crippen LogP contribution in [0.5, 0.6) is 0 Å². The van der Waals surface area contributed by atoms with E-state index in [9.17, 15) is 23.3 Å². The number of rotatable bonds is 3. The number of nitrogens with zero attached hydrogens (tertiary/aromatic N) is 1. The standard InChI is InChI=1S/C17H9Cl2F3N2O2/c18-11-5-1-9(2-6-11)13-15(24(25)26)14(23-16(13)17(20,21)22)10-3-7-12(19)8-4-10/h1-8,23H. The number of nitrogens with one attached hydrogen (secondary N) is 1. The molecule has 0 bridgehead atoms. The quantitative estimate of drug-likeness (QED) is 0.398. The minimum absolute atomic E-state index is 0.0323. The van der Waals surface area contributed by atoms with Gasteiger partial charge in [0, 0.05) is 15.6 Å². The van der Waals surface area contributed by atoms with Crippen LogP contribution in [0.1, 0.15) is 5.69 Å². The molecule has 134 valence electrons. The number of aromatic nitrogens is 1. The maximum absolute atomic E-state index is 13.5. The van der Waals surface area contributed by atoms with Gasteiger partial charge in [0.25, 0.3) is 0 Å². The molecule has 3 aromatic rings. The maximum atomic E-state index is 13.5. The van der Waals surface area contributed by atoms with Gasteiger partial charge in [-0.05, 0) is 29.8 Å². The highest BCUT2D eigenvalue weighted by molar-refractivity contribution is 6.31. The van der Waals surface area contributed by atoms with Crippen molar-refractivity contribution in [2.24, 2.45) is 0 Å². The van der Waals surface area contributed by atoms with Crippen molar-refractivity contribution in [3.8, 4) is 22.4 Å². The van der Waals surface area contributed by atoms with Crippen molar-refractivity contribution in [3.05, 3.63) is 74.4 Å².